The number of alkyl halides is 3. The summed E-state index contributed by atoms with van der Waals surface area (Å²) in [5.74, 6) is -0.551. The number of carbonyl (C=O) groups excluding carboxylic acids is 1. The molecule has 0 radical (unpaired) electrons. The number of halogens is 4. The minimum atomic E-state index is -4.55. The summed E-state index contributed by atoms with van der Waals surface area (Å²) in [7, 11) is 1.20. The fourth-order valence-electron chi connectivity index (χ4n) is 3.69. The number of para-hydroxylation sites is 1. The van der Waals surface area contributed by atoms with Gasteiger partial charge in [-0.25, -0.2) is 4.98 Å². The third-order valence-corrected chi connectivity index (χ3v) is 5.96. The van der Waals surface area contributed by atoms with E-state index in [1.54, 1.807) is 38.1 Å². The summed E-state index contributed by atoms with van der Waals surface area (Å²) in [4.78, 5) is 17.8. The molecular formula is C27H22ClF3N2O3. The number of hydrogen-bond acceptors (Lipinski definition) is 5. The standard InChI is InChI=1S/C27H22ClF3N2O3/c1-17(2)26(25(34)35-3,14-13-18-9-11-20(15-22(18)28)27(29,30)31)24-19(16-32)10-12-23(33-24)36-21-7-5-4-6-8-21/h4-15,17H,1-3H3. The van der Waals surface area contributed by atoms with Crippen molar-refractivity contribution in [3.63, 3.8) is 0 Å². The zero-order chi connectivity index (χ0) is 26.5. The zero-order valence-corrected chi connectivity index (χ0v) is 20.4. The first-order valence-electron chi connectivity index (χ1n) is 10.8. The van der Waals surface area contributed by atoms with E-state index in [4.69, 9.17) is 21.1 Å². The number of rotatable bonds is 7. The minimum Gasteiger partial charge on any atom is -0.468 e. The van der Waals surface area contributed by atoms with Crippen LogP contribution in [-0.2, 0) is 21.1 Å². The van der Waals surface area contributed by atoms with E-state index in [0.717, 1.165) is 12.1 Å². The van der Waals surface area contributed by atoms with E-state index in [0.29, 0.717) is 5.75 Å². The van der Waals surface area contributed by atoms with Gasteiger partial charge in [0.25, 0.3) is 0 Å². The summed E-state index contributed by atoms with van der Waals surface area (Å²) >= 11 is 6.12. The van der Waals surface area contributed by atoms with Gasteiger partial charge in [-0.05, 0) is 41.8 Å². The molecule has 1 aromatic heterocycles. The molecule has 0 amide bonds. The molecule has 0 fully saturated rings. The van der Waals surface area contributed by atoms with Crippen LogP contribution in [0.2, 0.25) is 5.02 Å². The van der Waals surface area contributed by atoms with Gasteiger partial charge < -0.3 is 9.47 Å². The fourth-order valence-corrected chi connectivity index (χ4v) is 3.93. The Kier molecular flexibility index (Phi) is 8.06. The van der Waals surface area contributed by atoms with Crippen LogP contribution in [0, 0.1) is 17.2 Å². The van der Waals surface area contributed by atoms with E-state index in [2.05, 4.69) is 4.98 Å². The lowest BCUT2D eigenvalue weighted by atomic mass is 9.72. The van der Waals surface area contributed by atoms with Crippen molar-refractivity contribution in [1.29, 1.82) is 5.26 Å². The van der Waals surface area contributed by atoms with Crippen molar-refractivity contribution in [2.45, 2.75) is 25.4 Å². The van der Waals surface area contributed by atoms with Crippen molar-refractivity contribution in [2.24, 2.45) is 5.92 Å². The van der Waals surface area contributed by atoms with Crippen molar-refractivity contribution < 1.29 is 27.4 Å². The number of nitrogens with zero attached hydrogens (tertiary/aromatic N) is 2. The number of nitriles is 1. The number of carbonyl (C=O) groups is 1. The molecule has 0 spiro atoms. The van der Waals surface area contributed by atoms with E-state index in [9.17, 15) is 23.2 Å². The van der Waals surface area contributed by atoms with E-state index >= 15 is 0 Å². The van der Waals surface area contributed by atoms with Crippen LogP contribution in [0.5, 0.6) is 11.6 Å². The molecule has 0 bridgehead atoms. The maximum Gasteiger partial charge on any atom is 0.416 e. The Labute approximate surface area is 211 Å². The van der Waals surface area contributed by atoms with Crippen molar-refractivity contribution in [2.75, 3.05) is 7.11 Å². The highest BCUT2D eigenvalue weighted by Crippen LogP contribution is 2.39. The van der Waals surface area contributed by atoms with Gasteiger partial charge in [0.15, 0.2) is 0 Å². The molecule has 9 heteroatoms. The number of hydrogen-bond donors (Lipinski definition) is 0. The van der Waals surface area contributed by atoms with Crippen LogP contribution in [0.15, 0.2) is 66.7 Å². The quantitative estimate of drug-likeness (QED) is 0.312. The molecule has 5 nitrogen and oxygen atoms in total. The first kappa shape index (κ1) is 26.8. The molecule has 2 aromatic carbocycles. The molecule has 186 valence electrons. The van der Waals surface area contributed by atoms with Crippen molar-refractivity contribution in [3.8, 4) is 17.7 Å². The Bertz CT molecular complexity index is 1320. The highest BCUT2D eigenvalue weighted by atomic mass is 35.5. The smallest absolute Gasteiger partial charge is 0.416 e. The van der Waals surface area contributed by atoms with Crippen molar-refractivity contribution in [3.05, 3.63) is 94.1 Å². The summed E-state index contributed by atoms with van der Waals surface area (Å²) in [5, 5.41) is 9.65. The SMILES string of the molecule is COC(=O)C(C=Cc1ccc(C(F)(F)F)cc1Cl)(c1nc(Oc2ccccc2)ccc1C#N)C(C)C. The summed E-state index contributed by atoms with van der Waals surface area (Å²) in [6, 6.07) is 16.8. The van der Waals surface area contributed by atoms with Gasteiger partial charge in [0.2, 0.25) is 5.88 Å². The van der Waals surface area contributed by atoms with Crippen LogP contribution < -0.4 is 4.74 Å². The van der Waals surface area contributed by atoms with E-state index in [-0.39, 0.29) is 27.7 Å². The molecule has 0 N–H and O–H groups in total. The molecule has 3 aromatic rings. The second-order valence-corrected chi connectivity index (χ2v) is 8.56. The third-order valence-electron chi connectivity index (χ3n) is 5.64. The molecule has 0 aliphatic carbocycles. The van der Waals surface area contributed by atoms with Crippen LogP contribution in [0.1, 0.15) is 36.2 Å². The van der Waals surface area contributed by atoms with Crippen LogP contribution in [-0.4, -0.2) is 18.1 Å². The number of aromatic nitrogens is 1. The van der Waals surface area contributed by atoms with Gasteiger partial charge in [-0.2, -0.15) is 18.4 Å². The lowest BCUT2D eigenvalue weighted by molar-refractivity contribution is -0.147. The summed E-state index contributed by atoms with van der Waals surface area (Å²) < 4.78 is 50.0. The highest BCUT2D eigenvalue weighted by molar-refractivity contribution is 6.32. The highest BCUT2D eigenvalue weighted by Gasteiger charge is 2.46. The van der Waals surface area contributed by atoms with Crippen LogP contribution in [0.4, 0.5) is 13.2 Å². The van der Waals surface area contributed by atoms with Crippen molar-refractivity contribution >= 4 is 23.6 Å². The Hall–Kier alpha value is -3.83. The minimum absolute atomic E-state index is 0.0829. The first-order chi connectivity index (χ1) is 17.0. The predicted octanol–water partition coefficient (Wildman–Crippen LogP) is 7.20. The molecule has 1 unspecified atom stereocenters. The normalized spacial score (nSPS) is 13.3. The zero-order valence-electron chi connectivity index (χ0n) is 19.6. The van der Waals surface area contributed by atoms with Crippen LogP contribution >= 0.6 is 11.6 Å². The molecule has 1 atom stereocenters. The van der Waals surface area contributed by atoms with E-state index in [1.165, 1.54) is 37.5 Å². The Morgan fingerprint density at radius 1 is 1.11 bits per heavy atom. The number of benzene rings is 2. The molecular weight excluding hydrogens is 493 g/mol. The monoisotopic (exact) mass is 514 g/mol. The van der Waals surface area contributed by atoms with Gasteiger partial charge in [0.05, 0.1) is 23.9 Å². The second kappa shape index (κ2) is 10.8. The molecule has 0 saturated carbocycles. The molecule has 0 aliphatic rings. The topological polar surface area (TPSA) is 72.2 Å². The Balaban J connectivity index is 2.17. The van der Waals surface area contributed by atoms with E-state index < -0.39 is 29.0 Å². The third kappa shape index (κ3) is 5.52. The lowest BCUT2D eigenvalue weighted by Crippen LogP contribution is -2.41. The number of ether oxygens (including phenoxy) is 2. The van der Waals surface area contributed by atoms with Gasteiger partial charge in [0.1, 0.15) is 17.2 Å². The Morgan fingerprint density at radius 2 is 1.81 bits per heavy atom. The lowest BCUT2D eigenvalue weighted by Gasteiger charge is -2.32. The fraction of sp³-hybridized carbons (Fsp3) is 0.222. The summed E-state index contributed by atoms with van der Waals surface area (Å²) in [6.45, 7) is 3.48. The van der Waals surface area contributed by atoms with Gasteiger partial charge >= 0.3 is 12.1 Å². The number of methoxy groups -OCH3 is 1. The number of pyridine rings is 1. The molecule has 0 saturated heterocycles. The molecule has 0 aliphatic heterocycles. The maximum absolute atomic E-state index is 13.3. The summed E-state index contributed by atoms with van der Waals surface area (Å²) in [6.07, 6.45) is -1.68. The molecule has 3 rings (SSSR count). The average Bonchev–Trinajstić information content (AvgIpc) is 2.85. The average molecular weight is 515 g/mol. The second-order valence-electron chi connectivity index (χ2n) is 8.16. The maximum atomic E-state index is 13.3. The van der Waals surface area contributed by atoms with Gasteiger partial charge in [-0.3, -0.25) is 4.79 Å². The van der Waals surface area contributed by atoms with Gasteiger partial charge in [-0.15, -0.1) is 0 Å². The van der Waals surface area contributed by atoms with Crippen LogP contribution in [0.3, 0.4) is 0 Å². The van der Waals surface area contributed by atoms with Crippen molar-refractivity contribution in [1.82, 2.24) is 4.98 Å². The predicted molar refractivity (Wildman–Crippen MR) is 129 cm³/mol. The Morgan fingerprint density at radius 3 is 2.36 bits per heavy atom. The van der Waals surface area contributed by atoms with Gasteiger partial charge in [0, 0.05) is 11.1 Å². The summed E-state index contributed by atoms with van der Waals surface area (Å²) in [5.41, 5.74) is -2.04. The van der Waals surface area contributed by atoms with E-state index in [1.807, 2.05) is 12.1 Å². The largest absolute Gasteiger partial charge is 0.468 e. The molecule has 36 heavy (non-hydrogen) atoms. The number of esters is 1. The first-order valence-corrected chi connectivity index (χ1v) is 11.2. The van der Waals surface area contributed by atoms with Crippen LogP contribution in [0.25, 0.3) is 6.08 Å². The van der Waals surface area contributed by atoms with Gasteiger partial charge in [-0.1, -0.05) is 61.9 Å². The molecule has 1 heterocycles.